The fourth-order valence-corrected chi connectivity index (χ4v) is 2.30. The first-order chi connectivity index (χ1) is 8.83. The van der Waals surface area contributed by atoms with Crippen molar-refractivity contribution in [3.63, 3.8) is 0 Å². The third-order valence-corrected chi connectivity index (χ3v) is 3.00. The van der Waals surface area contributed by atoms with Crippen LogP contribution in [0, 0.1) is 5.41 Å². The highest BCUT2D eigenvalue weighted by Crippen LogP contribution is 2.22. The van der Waals surface area contributed by atoms with Crippen LogP contribution < -0.4 is 10.6 Å². The Bertz CT molecular complexity index is 395. The van der Waals surface area contributed by atoms with Crippen LogP contribution in [-0.4, -0.2) is 18.5 Å². The van der Waals surface area contributed by atoms with Crippen molar-refractivity contribution in [2.75, 3.05) is 11.4 Å². The number of anilines is 1. The molecule has 0 radical (unpaired) electrons. The zero-order chi connectivity index (χ0) is 14.5. The molecule has 1 aromatic rings. The predicted molar refractivity (Wildman–Crippen MR) is 81.1 cm³/mol. The minimum atomic E-state index is -0.0785. The monoisotopic (exact) mass is 262 g/mol. The number of benzene rings is 1. The normalized spacial score (nSPS) is 13.1. The van der Waals surface area contributed by atoms with E-state index in [-0.39, 0.29) is 17.4 Å². The Hall–Kier alpha value is -1.35. The fourth-order valence-electron chi connectivity index (χ4n) is 2.30. The molecule has 1 atom stereocenters. The van der Waals surface area contributed by atoms with Crippen LogP contribution in [0.15, 0.2) is 30.3 Å². The van der Waals surface area contributed by atoms with Gasteiger partial charge in [-0.1, -0.05) is 39.0 Å². The van der Waals surface area contributed by atoms with Crippen LogP contribution in [0.2, 0.25) is 0 Å². The Balaban J connectivity index is 2.65. The third-order valence-electron chi connectivity index (χ3n) is 3.00. The standard InChI is InChI=1S/C16H26N2O/c1-5-18(14-9-7-6-8-10-14)15(19)11-13(17)12-16(2,3)4/h6-10,13H,5,11-12,17H2,1-4H3. The number of amides is 1. The molecule has 1 aromatic carbocycles. The first-order valence-electron chi connectivity index (χ1n) is 6.94. The van der Waals surface area contributed by atoms with Crippen molar-refractivity contribution in [2.24, 2.45) is 11.1 Å². The Kier molecular flexibility index (Phi) is 5.55. The average Bonchev–Trinajstić information content (AvgIpc) is 2.28. The topological polar surface area (TPSA) is 46.3 Å². The maximum absolute atomic E-state index is 12.3. The quantitative estimate of drug-likeness (QED) is 0.885. The highest BCUT2D eigenvalue weighted by atomic mass is 16.2. The molecule has 1 amide bonds. The number of hydrogen-bond donors (Lipinski definition) is 1. The second kappa shape index (κ2) is 6.71. The smallest absolute Gasteiger partial charge is 0.228 e. The fraction of sp³-hybridized carbons (Fsp3) is 0.562. The van der Waals surface area contributed by atoms with Gasteiger partial charge in [0.25, 0.3) is 0 Å². The molecule has 3 heteroatoms. The maximum atomic E-state index is 12.3. The van der Waals surface area contributed by atoms with Crippen LogP contribution in [-0.2, 0) is 4.79 Å². The van der Waals surface area contributed by atoms with E-state index in [1.165, 1.54) is 0 Å². The predicted octanol–water partition coefficient (Wildman–Crippen LogP) is 3.19. The van der Waals surface area contributed by atoms with Gasteiger partial charge in [-0.15, -0.1) is 0 Å². The van der Waals surface area contributed by atoms with Crippen molar-refractivity contribution in [2.45, 2.75) is 46.6 Å². The molecule has 3 nitrogen and oxygen atoms in total. The Morgan fingerprint density at radius 1 is 1.26 bits per heavy atom. The van der Waals surface area contributed by atoms with Gasteiger partial charge in [-0.2, -0.15) is 0 Å². The van der Waals surface area contributed by atoms with E-state index < -0.39 is 0 Å². The Labute approximate surface area is 116 Å². The van der Waals surface area contributed by atoms with Crippen molar-refractivity contribution in [1.29, 1.82) is 0 Å². The lowest BCUT2D eigenvalue weighted by molar-refractivity contribution is -0.119. The first-order valence-corrected chi connectivity index (χ1v) is 6.94. The molecule has 1 rings (SSSR count). The van der Waals surface area contributed by atoms with Crippen molar-refractivity contribution in [1.82, 2.24) is 0 Å². The molecule has 0 aliphatic heterocycles. The molecule has 0 bridgehead atoms. The lowest BCUT2D eigenvalue weighted by Crippen LogP contribution is -2.37. The summed E-state index contributed by atoms with van der Waals surface area (Å²) in [6.07, 6.45) is 1.26. The van der Waals surface area contributed by atoms with E-state index in [4.69, 9.17) is 5.73 Å². The number of rotatable bonds is 5. The van der Waals surface area contributed by atoms with Gasteiger partial charge < -0.3 is 10.6 Å². The van der Waals surface area contributed by atoms with Crippen molar-refractivity contribution in [3.05, 3.63) is 30.3 Å². The van der Waals surface area contributed by atoms with E-state index in [1.54, 1.807) is 4.90 Å². The largest absolute Gasteiger partial charge is 0.327 e. The van der Waals surface area contributed by atoms with Crippen LogP contribution >= 0.6 is 0 Å². The van der Waals surface area contributed by atoms with Gasteiger partial charge >= 0.3 is 0 Å². The van der Waals surface area contributed by atoms with Gasteiger partial charge in [0.1, 0.15) is 0 Å². The summed E-state index contributed by atoms with van der Waals surface area (Å²) in [7, 11) is 0. The second-order valence-corrected chi connectivity index (χ2v) is 6.20. The van der Waals surface area contributed by atoms with E-state index >= 15 is 0 Å². The molecule has 19 heavy (non-hydrogen) atoms. The molecular formula is C16H26N2O. The zero-order valence-corrected chi connectivity index (χ0v) is 12.5. The molecule has 1 unspecified atom stereocenters. The SMILES string of the molecule is CCN(C(=O)CC(N)CC(C)(C)C)c1ccccc1. The Morgan fingerprint density at radius 2 is 1.84 bits per heavy atom. The number of para-hydroxylation sites is 1. The summed E-state index contributed by atoms with van der Waals surface area (Å²) in [6, 6.07) is 9.67. The number of carbonyl (C=O) groups excluding carboxylic acids is 1. The van der Waals surface area contributed by atoms with Gasteiger partial charge in [0.2, 0.25) is 5.91 Å². The van der Waals surface area contributed by atoms with E-state index in [0.717, 1.165) is 12.1 Å². The summed E-state index contributed by atoms with van der Waals surface area (Å²) >= 11 is 0. The second-order valence-electron chi connectivity index (χ2n) is 6.20. The van der Waals surface area contributed by atoms with Crippen molar-refractivity contribution < 1.29 is 4.79 Å². The molecule has 0 heterocycles. The number of hydrogen-bond acceptors (Lipinski definition) is 2. The number of nitrogens with zero attached hydrogens (tertiary/aromatic N) is 1. The van der Waals surface area contributed by atoms with Gasteiger partial charge in [0.15, 0.2) is 0 Å². The summed E-state index contributed by atoms with van der Waals surface area (Å²) < 4.78 is 0. The van der Waals surface area contributed by atoms with Gasteiger partial charge in [-0.25, -0.2) is 0 Å². The molecule has 0 fully saturated rings. The van der Waals surface area contributed by atoms with Crippen LogP contribution in [0.4, 0.5) is 5.69 Å². The minimum Gasteiger partial charge on any atom is -0.327 e. The lowest BCUT2D eigenvalue weighted by Gasteiger charge is -2.26. The molecule has 0 saturated carbocycles. The molecule has 0 spiro atoms. The van der Waals surface area contributed by atoms with E-state index in [1.807, 2.05) is 37.3 Å². The van der Waals surface area contributed by atoms with E-state index in [0.29, 0.717) is 13.0 Å². The maximum Gasteiger partial charge on any atom is 0.228 e. The van der Waals surface area contributed by atoms with Gasteiger partial charge in [-0.3, -0.25) is 4.79 Å². The molecule has 0 saturated heterocycles. The minimum absolute atomic E-state index is 0.0785. The van der Waals surface area contributed by atoms with Gasteiger partial charge in [0.05, 0.1) is 0 Å². The molecule has 0 aromatic heterocycles. The summed E-state index contributed by atoms with van der Waals surface area (Å²) in [5, 5.41) is 0. The Morgan fingerprint density at radius 3 is 2.32 bits per heavy atom. The van der Waals surface area contributed by atoms with Crippen LogP contribution in [0.3, 0.4) is 0 Å². The molecule has 0 aliphatic rings. The van der Waals surface area contributed by atoms with Gasteiger partial charge in [0, 0.05) is 24.7 Å². The van der Waals surface area contributed by atoms with E-state index in [9.17, 15) is 4.79 Å². The molecule has 106 valence electrons. The first kappa shape index (κ1) is 15.7. The molecule has 0 aliphatic carbocycles. The number of nitrogens with two attached hydrogens (primary N) is 1. The van der Waals surface area contributed by atoms with Crippen LogP contribution in [0.25, 0.3) is 0 Å². The highest BCUT2D eigenvalue weighted by Gasteiger charge is 2.21. The summed E-state index contributed by atoms with van der Waals surface area (Å²) in [6.45, 7) is 9.09. The van der Waals surface area contributed by atoms with Crippen molar-refractivity contribution in [3.8, 4) is 0 Å². The van der Waals surface area contributed by atoms with E-state index in [2.05, 4.69) is 20.8 Å². The molecule has 2 N–H and O–H groups in total. The van der Waals surface area contributed by atoms with Gasteiger partial charge in [-0.05, 0) is 30.9 Å². The zero-order valence-electron chi connectivity index (χ0n) is 12.5. The molecular weight excluding hydrogens is 236 g/mol. The lowest BCUT2D eigenvalue weighted by atomic mass is 9.87. The summed E-state index contributed by atoms with van der Waals surface area (Å²) in [5.41, 5.74) is 7.18. The average molecular weight is 262 g/mol. The van der Waals surface area contributed by atoms with Crippen LogP contribution in [0.1, 0.15) is 40.5 Å². The summed E-state index contributed by atoms with van der Waals surface area (Å²) in [5.74, 6) is 0.102. The van der Waals surface area contributed by atoms with Crippen LogP contribution in [0.5, 0.6) is 0 Å². The third kappa shape index (κ3) is 5.43. The number of carbonyl (C=O) groups is 1. The highest BCUT2D eigenvalue weighted by molar-refractivity contribution is 5.93. The van der Waals surface area contributed by atoms with Crippen molar-refractivity contribution >= 4 is 11.6 Å². The summed E-state index contributed by atoms with van der Waals surface area (Å²) in [4.78, 5) is 14.1.